The highest BCUT2D eigenvalue weighted by Crippen LogP contribution is 2.22. The van der Waals surface area contributed by atoms with Crippen LogP contribution in [0.2, 0.25) is 0 Å². The van der Waals surface area contributed by atoms with Crippen molar-refractivity contribution < 1.29 is 15.0 Å². The van der Waals surface area contributed by atoms with Crippen LogP contribution in [0.3, 0.4) is 0 Å². The SMILES string of the molecule is Cn1ccc(CCNC(=O)c2ccc(O)cc2O)n1. The molecule has 0 saturated carbocycles. The molecule has 0 saturated heterocycles. The summed E-state index contributed by atoms with van der Waals surface area (Å²) in [7, 11) is 1.83. The molecular formula is C13H15N3O3. The number of phenolic OH excluding ortho intramolecular Hbond substituents is 2. The number of aromatic nitrogens is 2. The van der Waals surface area contributed by atoms with Crippen LogP contribution in [0.15, 0.2) is 30.5 Å². The standard InChI is InChI=1S/C13H15N3O3/c1-16-7-5-9(15-16)4-6-14-13(19)11-3-2-10(17)8-12(11)18/h2-3,5,7-8,17-18H,4,6H2,1H3,(H,14,19). The molecule has 0 unspecified atom stereocenters. The Morgan fingerprint density at radius 2 is 2.16 bits per heavy atom. The minimum atomic E-state index is -0.381. The Balaban J connectivity index is 1.90. The van der Waals surface area contributed by atoms with Gasteiger partial charge in [0.15, 0.2) is 0 Å². The third kappa shape index (κ3) is 3.25. The molecule has 0 atom stereocenters. The van der Waals surface area contributed by atoms with Gasteiger partial charge < -0.3 is 15.5 Å². The van der Waals surface area contributed by atoms with Crippen molar-refractivity contribution in [3.63, 3.8) is 0 Å². The van der Waals surface area contributed by atoms with Crippen LogP contribution in [0, 0.1) is 0 Å². The Labute approximate surface area is 110 Å². The molecule has 1 amide bonds. The van der Waals surface area contributed by atoms with Crippen LogP contribution in [0.1, 0.15) is 16.1 Å². The van der Waals surface area contributed by atoms with Gasteiger partial charge in [-0.2, -0.15) is 5.10 Å². The molecule has 6 heteroatoms. The molecule has 0 radical (unpaired) electrons. The third-order valence-electron chi connectivity index (χ3n) is 2.66. The number of amides is 1. The van der Waals surface area contributed by atoms with Gasteiger partial charge in [0, 0.05) is 32.3 Å². The van der Waals surface area contributed by atoms with Gasteiger partial charge in [-0.3, -0.25) is 9.48 Å². The van der Waals surface area contributed by atoms with E-state index in [2.05, 4.69) is 10.4 Å². The number of carbonyl (C=O) groups excluding carboxylic acids is 1. The molecular weight excluding hydrogens is 246 g/mol. The van der Waals surface area contributed by atoms with Crippen LogP contribution in [0.25, 0.3) is 0 Å². The van der Waals surface area contributed by atoms with Crippen LogP contribution in [0.4, 0.5) is 0 Å². The molecule has 0 aliphatic carbocycles. The van der Waals surface area contributed by atoms with E-state index < -0.39 is 0 Å². The molecule has 1 aromatic carbocycles. The summed E-state index contributed by atoms with van der Waals surface area (Å²) in [4.78, 5) is 11.8. The number of rotatable bonds is 4. The lowest BCUT2D eigenvalue weighted by Crippen LogP contribution is -2.25. The number of nitrogens with zero attached hydrogens (tertiary/aromatic N) is 2. The number of aromatic hydroxyl groups is 2. The fraction of sp³-hybridized carbons (Fsp3) is 0.231. The number of benzene rings is 1. The summed E-state index contributed by atoms with van der Waals surface area (Å²) in [5.74, 6) is -0.702. The molecule has 0 aliphatic heterocycles. The zero-order chi connectivity index (χ0) is 13.8. The van der Waals surface area contributed by atoms with Crippen molar-refractivity contribution in [2.45, 2.75) is 6.42 Å². The average Bonchev–Trinajstić information content (AvgIpc) is 2.75. The van der Waals surface area contributed by atoms with Gasteiger partial charge in [-0.05, 0) is 18.2 Å². The van der Waals surface area contributed by atoms with Gasteiger partial charge in [0.25, 0.3) is 5.91 Å². The number of phenols is 2. The van der Waals surface area contributed by atoms with Crippen LogP contribution in [0.5, 0.6) is 11.5 Å². The van der Waals surface area contributed by atoms with E-state index in [0.29, 0.717) is 13.0 Å². The maximum Gasteiger partial charge on any atom is 0.255 e. The smallest absolute Gasteiger partial charge is 0.255 e. The van der Waals surface area contributed by atoms with Gasteiger partial charge in [0.1, 0.15) is 11.5 Å². The molecule has 0 spiro atoms. The van der Waals surface area contributed by atoms with E-state index in [4.69, 9.17) is 5.11 Å². The third-order valence-corrected chi connectivity index (χ3v) is 2.66. The number of carbonyl (C=O) groups is 1. The van der Waals surface area contributed by atoms with Gasteiger partial charge in [0.2, 0.25) is 0 Å². The highest BCUT2D eigenvalue weighted by atomic mass is 16.3. The molecule has 2 aromatic rings. The first kappa shape index (κ1) is 12.9. The quantitative estimate of drug-likeness (QED) is 0.759. The Morgan fingerprint density at radius 1 is 1.37 bits per heavy atom. The fourth-order valence-corrected chi connectivity index (χ4v) is 1.71. The van der Waals surface area contributed by atoms with Crippen molar-refractivity contribution in [3.8, 4) is 11.5 Å². The maximum absolute atomic E-state index is 11.8. The van der Waals surface area contributed by atoms with Gasteiger partial charge >= 0.3 is 0 Å². The Hall–Kier alpha value is -2.50. The molecule has 1 aromatic heterocycles. The summed E-state index contributed by atoms with van der Waals surface area (Å²) in [5, 5.41) is 25.6. The van der Waals surface area contributed by atoms with Gasteiger partial charge in [-0.15, -0.1) is 0 Å². The van der Waals surface area contributed by atoms with E-state index >= 15 is 0 Å². The Morgan fingerprint density at radius 3 is 2.79 bits per heavy atom. The summed E-state index contributed by atoms with van der Waals surface area (Å²) in [6, 6.07) is 5.74. The van der Waals surface area contributed by atoms with Crippen molar-refractivity contribution in [2.24, 2.45) is 7.05 Å². The van der Waals surface area contributed by atoms with Crippen LogP contribution >= 0.6 is 0 Å². The van der Waals surface area contributed by atoms with Crippen molar-refractivity contribution in [1.82, 2.24) is 15.1 Å². The largest absolute Gasteiger partial charge is 0.508 e. The summed E-state index contributed by atoms with van der Waals surface area (Å²) >= 11 is 0. The lowest BCUT2D eigenvalue weighted by Gasteiger charge is -2.06. The fourth-order valence-electron chi connectivity index (χ4n) is 1.71. The van der Waals surface area contributed by atoms with E-state index in [1.165, 1.54) is 12.1 Å². The van der Waals surface area contributed by atoms with E-state index in [-0.39, 0.29) is 23.0 Å². The first-order chi connectivity index (χ1) is 9.06. The highest BCUT2D eigenvalue weighted by Gasteiger charge is 2.11. The molecule has 0 fully saturated rings. The lowest BCUT2D eigenvalue weighted by molar-refractivity contribution is 0.0951. The second-order valence-electron chi connectivity index (χ2n) is 4.19. The number of aryl methyl sites for hydroxylation is 1. The second-order valence-corrected chi connectivity index (χ2v) is 4.19. The average molecular weight is 261 g/mol. The summed E-state index contributed by atoms with van der Waals surface area (Å²) in [6.07, 6.45) is 2.45. The molecule has 100 valence electrons. The number of hydrogen-bond donors (Lipinski definition) is 3. The van der Waals surface area contributed by atoms with Crippen molar-refractivity contribution in [3.05, 3.63) is 41.7 Å². The molecule has 3 N–H and O–H groups in total. The van der Waals surface area contributed by atoms with Crippen molar-refractivity contribution in [1.29, 1.82) is 0 Å². The zero-order valence-electron chi connectivity index (χ0n) is 10.5. The lowest BCUT2D eigenvalue weighted by atomic mass is 10.1. The molecule has 2 rings (SSSR count). The Bertz CT molecular complexity index is 593. The molecule has 1 heterocycles. The van der Waals surface area contributed by atoms with Crippen molar-refractivity contribution in [2.75, 3.05) is 6.54 Å². The minimum absolute atomic E-state index is 0.0810. The second kappa shape index (κ2) is 5.43. The summed E-state index contributed by atoms with van der Waals surface area (Å²) in [6.45, 7) is 0.427. The van der Waals surface area contributed by atoms with Crippen LogP contribution in [-0.4, -0.2) is 32.4 Å². The highest BCUT2D eigenvalue weighted by molar-refractivity contribution is 5.96. The molecule has 19 heavy (non-hydrogen) atoms. The number of nitrogens with one attached hydrogen (secondary N) is 1. The topological polar surface area (TPSA) is 87.4 Å². The predicted octanol–water partition coefficient (Wildman–Crippen LogP) is 0.804. The molecule has 0 bridgehead atoms. The van der Waals surface area contributed by atoms with Gasteiger partial charge in [0.05, 0.1) is 11.3 Å². The molecule has 6 nitrogen and oxygen atoms in total. The monoisotopic (exact) mass is 261 g/mol. The zero-order valence-corrected chi connectivity index (χ0v) is 10.5. The van der Waals surface area contributed by atoms with E-state index in [1.54, 1.807) is 4.68 Å². The van der Waals surface area contributed by atoms with E-state index in [1.807, 2.05) is 19.3 Å². The van der Waals surface area contributed by atoms with Crippen molar-refractivity contribution >= 4 is 5.91 Å². The van der Waals surface area contributed by atoms with Crippen LogP contribution < -0.4 is 5.32 Å². The van der Waals surface area contributed by atoms with E-state index in [0.717, 1.165) is 11.8 Å². The maximum atomic E-state index is 11.8. The first-order valence-electron chi connectivity index (χ1n) is 5.85. The normalized spacial score (nSPS) is 10.4. The summed E-state index contributed by atoms with van der Waals surface area (Å²) in [5.41, 5.74) is 1.02. The predicted molar refractivity (Wildman–Crippen MR) is 69.0 cm³/mol. The molecule has 0 aliphatic rings. The minimum Gasteiger partial charge on any atom is -0.508 e. The van der Waals surface area contributed by atoms with Crippen LogP contribution in [-0.2, 0) is 13.5 Å². The first-order valence-corrected chi connectivity index (χ1v) is 5.85. The van der Waals surface area contributed by atoms with Gasteiger partial charge in [-0.25, -0.2) is 0 Å². The summed E-state index contributed by atoms with van der Waals surface area (Å²) < 4.78 is 1.70. The number of hydrogen-bond acceptors (Lipinski definition) is 4. The Kier molecular flexibility index (Phi) is 3.70. The van der Waals surface area contributed by atoms with E-state index in [9.17, 15) is 9.90 Å². The van der Waals surface area contributed by atoms with Gasteiger partial charge in [-0.1, -0.05) is 0 Å².